The van der Waals surface area contributed by atoms with Gasteiger partial charge in [-0.2, -0.15) is 8.96 Å². The first-order valence-electron chi connectivity index (χ1n) is 15.0. The van der Waals surface area contributed by atoms with Crippen LogP contribution in [-0.2, 0) is 34.9 Å². The lowest BCUT2D eigenvalue weighted by Crippen LogP contribution is -2.67. The van der Waals surface area contributed by atoms with E-state index in [0.717, 1.165) is 61.5 Å². The van der Waals surface area contributed by atoms with Crippen LogP contribution in [0.1, 0.15) is 52.6 Å². The molecule has 6 heterocycles. The van der Waals surface area contributed by atoms with Gasteiger partial charge in [0.05, 0.1) is 35.8 Å². The van der Waals surface area contributed by atoms with Crippen LogP contribution >= 0.6 is 0 Å². The van der Waals surface area contributed by atoms with Crippen molar-refractivity contribution in [2.45, 2.75) is 56.7 Å². The maximum absolute atomic E-state index is 14.7. The number of carboxylic acids is 1. The molecule has 0 spiro atoms. The molecule has 7 rings (SSSR count). The van der Waals surface area contributed by atoms with Gasteiger partial charge in [0.2, 0.25) is 12.1 Å². The molecule has 1 aromatic carbocycles. The van der Waals surface area contributed by atoms with Gasteiger partial charge in [-0.15, -0.1) is 0 Å². The highest BCUT2D eigenvalue weighted by Crippen LogP contribution is 2.30. The summed E-state index contributed by atoms with van der Waals surface area (Å²) in [5.41, 5.74) is 2.00. The van der Waals surface area contributed by atoms with Crippen LogP contribution in [-0.4, -0.2) is 74.6 Å². The summed E-state index contributed by atoms with van der Waals surface area (Å²) in [6.07, 6.45) is 5.85. The number of aliphatic hydroxyl groups is 1. The number of pyridine rings is 2. The molecule has 0 amide bonds. The van der Waals surface area contributed by atoms with E-state index >= 15 is 0 Å². The van der Waals surface area contributed by atoms with Crippen LogP contribution in [0.4, 0.5) is 4.39 Å². The van der Waals surface area contributed by atoms with Crippen LogP contribution < -0.4 is 9.30 Å². The average Bonchev–Trinajstić information content (AvgIpc) is 3.33. The lowest BCUT2D eigenvalue weighted by molar-refractivity contribution is -0.830. The Morgan fingerprint density at radius 3 is 2.64 bits per heavy atom. The van der Waals surface area contributed by atoms with E-state index in [1.807, 2.05) is 12.1 Å². The Hall–Kier alpha value is -3.97. The molecule has 0 bridgehead atoms. The lowest BCUT2D eigenvalue weighted by atomic mass is 9.93. The smallest absolute Gasteiger partial charge is 0.335 e. The average molecular weight is 605 g/mol. The van der Waals surface area contributed by atoms with E-state index in [2.05, 4.69) is 9.47 Å². The molecule has 1 atom stereocenters. The molecule has 230 valence electrons. The third-order valence-corrected chi connectivity index (χ3v) is 8.89. The van der Waals surface area contributed by atoms with E-state index < -0.39 is 17.5 Å². The molecule has 44 heavy (non-hydrogen) atoms. The number of fused-ring (bicyclic) bond motifs is 1. The number of aromatic carboxylic acids is 1. The lowest BCUT2D eigenvalue weighted by Gasteiger charge is -2.32. The van der Waals surface area contributed by atoms with Crippen LogP contribution in [0.25, 0.3) is 11.0 Å². The molecule has 12 heteroatoms. The quantitative estimate of drug-likeness (QED) is 0.263. The van der Waals surface area contributed by atoms with Gasteiger partial charge >= 0.3 is 11.7 Å². The van der Waals surface area contributed by atoms with E-state index in [1.165, 1.54) is 10.8 Å². The Morgan fingerprint density at radius 2 is 1.95 bits per heavy atom. The number of carboxylic acid groups (broad SMARTS) is 1. The molecule has 0 radical (unpaired) electrons. The Balaban J connectivity index is 0.982. The minimum absolute atomic E-state index is 0.0252. The third-order valence-electron chi connectivity index (χ3n) is 8.89. The number of ether oxygens (including phenoxy) is 3. The second kappa shape index (κ2) is 11.8. The molecular weight excluding hydrogens is 569 g/mol. The first-order chi connectivity index (χ1) is 21.3. The van der Waals surface area contributed by atoms with E-state index in [-0.39, 0.29) is 37.4 Å². The molecule has 3 aliphatic rings. The van der Waals surface area contributed by atoms with Crippen LogP contribution in [0.15, 0.2) is 54.9 Å². The fraction of sp³-hybridized carbons (Fsp3) is 0.438. The number of rotatable bonds is 10. The largest absolute Gasteiger partial charge is 0.478 e. The first kappa shape index (κ1) is 28.8. The zero-order chi connectivity index (χ0) is 30.3. The van der Waals surface area contributed by atoms with Gasteiger partial charge in [0.1, 0.15) is 25.6 Å². The number of carbonyl (C=O) groups is 1. The summed E-state index contributed by atoms with van der Waals surface area (Å²) in [4.78, 5) is 23.6. The van der Waals surface area contributed by atoms with Crippen LogP contribution in [0, 0.1) is 5.82 Å². The number of halogens is 1. The van der Waals surface area contributed by atoms with E-state index in [0.29, 0.717) is 24.5 Å². The standard InChI is InChI=1S/C32H34FN5O6/c33-25-16-37(32(41)19-42-20-32)12-8-23(25)18-44-30-3-1-2-26(35-30)21-6-10-36(11-7-21)17-29-34-27-5-4-22(31(39)40)14-28(27)38(29)15-24-9-13-43-24/h1-5,8,12,14,16,21,24,41H,6-7,9-11,13,15,17-20H2/p+1/t24-/m0/s1. The number of benzene rings is 1. The number of likely N-dealkylation sites (tertiary alicyclic amines) is 1. The summed E-state index contributed by atoms with van der Waals surface area (Å²) >= 11 is 0. The van der Waals surface area contributed by atoms with Crippen LogP contribution in [0.3, 0.4) is 0 Å². The Kier molecular flexibility index (Phi) is 7.75. The number of nitrogens with zero attached hydrogens (tertiary/aromatic N) is 5. The van der Waals surface area contributed by atoms with Gasteiger partial charge < -0.3 is 29.0 Å². The highest BCUT2D eigenvalue weighted by atomic mass is 19.1. The summed E-state index contributed by atoms with van der Waals surface area (Å²) in [6, 6.07) is 12.4. The molecular formula is C32H35FN5O6+. The molecule has 11 nitrogen and oxygen atoms in total. The number of hydrogen-bond donors (Lipinski definition) is 2. The number of piperidine rings is 1. The molecule has 3 aromatic heterocycles. The van der Waals surface area contributed by atoms with Crippen molar-refractivity contribution in [1.82, 2.24) is 19.4 Å². The maximum Gasteiger partial charge on any atom is 0.335 e. The molecule has 0 aliphatic carbocycles. The SMILES string of the molecule is O=C(O)c1ccc2nc(CN3CCC(c4cccc(OCc5cc[n+](C6(O)COC6)cc5F)n4)CC3)n(C[C@@H]3CCO3)c2c1. The minimum Gasteiger partial charge on any atom is -0.478 e. The molecule has 3 saturated heterocycles. The number of aromatic nitrogens is 4. The van der Waals surface area contributed by atoms with Gasteiger partial charge in [-0.3, -0.25) is 4.90 Å². The van der Waals surface area contributed by atoms with Crippen molar-refractivity contribution < 1.29 is 38.2 Å². The summed E-state index contributed by atoms with van der Waals surface area (Å²) in [6.45, 7) is 4.11. The second-order valence-electron chi connectivity index (χ2n) is 11.9. The van der Waals surface area contributed by atoms with E-state index in [1.54, 1.807) is 36.5 Å². The van der Waals surface area contributed by atoms with Gasteiger partial charge in [-0.05, 0) is 56.6 Å². The van der Waals surface area contributed by atoms with Crippen molar-refractivity contribution in [3.8, 4) is 5.88 Å². The summed E-state index contributed by atoms with van der Waals surface area (Å²) in [7, 11) is 0. The highest BCUT2D eigenvalue weighted by Gasteiger charge is 2.46. The van der Waals surface area contributed by atoms with E-state index in [9.17, 15) is 19.4 Å². The van der Waals surface area contributed by atoms with Crippen molar-refractivity contribution in [2.24, 2.45) is 0 Å². The van der Waals surface area contributed by atoms with Gasteiger partial charge in [0, 0.05) is 35.9 Å². The van der Waals surface area contributed by atoms with Crippen molar-refractivity contribution in [3.05, 3.63) is 83.3 Å². The van der Waals surface area contributed by atoms with Gasteiger partial charge in [-0.25, -0.2) is 14.8 Å². The topological polar surface area (TPSA) is 123 Å². The number of hydrogen-bond acceptors (Lipinski definition) is 8. The predicted molar refractivity (Wildman–Crippen MR) is 154 cm³/mol. The highest BCUT2D eigenvalue weighted by molar-refractivity contribution is 5.92. The Morgan fingerprint density at radius 1 is 1.14 bits per heavy atom. The molecule has 0 unspecified atom stereocenters. The zero-order valence-corrected chi connectivity index (χ0v) is 24.3. The number of imidazole rings is 1. The van der Waals surface area contributed by atoms with Crippen molar-refractivity contribution in [3.63, 3.8) is 0 Å². The summed E-state index contributed by atoms with van der Waals surface area (Å²) in [5.74, 6) is 0.214. The van der Waals surface area contributed by atoms with Crippen molar-refractivity contribution in [2.75, 3.05) is 32.9 Å². The maximum atomic E-state index is 14.7. The van der Waals surface area contributed by atoms with Crippen molar-refractivity contribution in [1.29, 1.82) is 0 Å². The van der Waals surface area contributed by atoms with Crippen molar-refractivity contribution >= 4 is 17.0 Å². The summed E-state index contributed by atoms with van der Waals surface area (Å²) in [5, 5.41) is 19.9. The molecule has 3 fully saturated rings. The predicted octanol–water partition coefficient (Wildman–Crippen LogP) is 2.98. The van der Waals surface area contributed by atoms with Crippen LogP contribution in [0.2, 0.25) is 0 Å². The molecule has 0 saturated carbocycles. The Labute approximate surface area is 253 Å². The second-order valence-corrected chi connectivity index (χ2v) is 11.9. The normalized spacial score (nSPS) is 20.3. The fourth-order valence-corrected chi connectivity index (χ4v) is 6.05. The molecule has 3 aliphatic heterocycles. The minimum atomic E-state index is -1.20. The zero-order valence-electron chi connectivity index (χ0n) is 24.3. The van der Waals surface area contributed by atoms with Crippen LogP contribution in [0.5, 0.6) is 5.88 Å². The van der Waals surface area contributed by atoms with E-state index in [4.69, 9.17) is 24.2 Å². The van der Waals surface area contributed by atoms with Gasteiger partial charge in [-0.1, -0.05) is 6.07 Å². The van der Waals surface area contributed by atoms with Gasteiger partial charge in [0.15, 0.2) is 12.0 Å². The fourth-order valence-electron chi connectivity index (χ4n) is 6.05. The summed E-state index contributed by atoms with van der Waals surface area (Å²) < 4.78 is 34.9. The monoisotopic (exact) mass is 604 g/mol. The third kappa shape index (κ3) is 5.77. The molecule has 4 aromatic rings. The first-order valence-corrected chi connectivity index (χ1v) is 15.0. The molecule has 2 N–H and O–H groups in total. The van der Waals surface area contributed by atoms with Gasteiger partial charge in [0.25, 0.3) is 0 Å². The Bertz CT molecular complexity index is 1680.